The predicted molar refractivity (Wildman–Crippen MR) is 184 cm³/mol. The second-order valence-corrected chi connectivity index (χ2v) is 10.6. The summed E-state index contributed by atoms with van der Waals surface area (Å²) in [7, 11) is 6.72. The Kier molecular flexibility index (Phi) is 8.43. The minimum absolute atomic E-state index is 0.700. The van der Waals surface area contributed by atoms with Gasteiger partial charge < -0.3 is 24.7 Å². The number of methoxy groups -OCH3 is 4. The topological polar surface area (TPSA) is 62.9 Å². The molecule has 0 amide bonds. The van der Waals surface area contributed by atoms with Crippen LogP contribution in [0.2, 0.25) is 0 Å². The second kappa shape index (κ2) is 12.9. The van der Waals surface area contributed by atoms with Crippen LogP contribution >= 0.6 is 0 Å². The van der Waals surface area contributed by atoms with Crippen LogP contribution in [0.5, 0.6) is 23.0 Å². The molecule has 0 atom stereocenters. The van der Waals surface area contributed by atoms with Crippen molar-refractivity contribution in [2.24, 2.45) is 0 Å². The smallest absolute Gasteiger partial charge is 0.118 e. The van der Waals surface area contributed by atoms with Crippen molar-refractivity contribution in [3.05, 3.63) is 127 Å². The molecule has 0 aromatic heterocycles. The van der Waals surface area contributed by atoms with Crippen LogP contribution in [0.3, 0.4) is 0 Å². The van der Waals surface area contributed by atoms with Gasteiger partial charge in [0.2, 0.25) is 0 Å². The third kappa shape index (κ3) is 5.80. The van der Waals surface area contributed by atoms with Gasteiger partial charge in [-0.3, -0.25) is 0 Å². The fraction of sp³-hybridized carbons (Fsp3) is 0.100. The summed E-state index contributed by atoms with van der Waals surface area (Å²) >= 11 is 0. The molecular formula is C40H35NO4. The fourth-order valence-electron chi connectivity index (χ4n) is 5.80. The molecule has 0 aliphatic carbocycles. The van der Waals surface area contributed by atoms with Gasteiger partial charge >= 0.3 is 0 Å². The number of benzene rings is 6. The van der Waals surface area contributed by atoms with Crippen LogP contribution in [-0.4, -0.2) is 28.4 Å². The first-order valence-electron chi connectivity index (χ1n) is 14.7. The van der Waals surface area contributed by atoms with E-state index in [-0.39, 0.29) is 0 Å². The molecule has 0 spiro atoms. The Morgan fingerprint density at radius 1 is 0.356 bits per heavy atom. The van der Waals surface area contributed by atoms with Gasteiger partial charge in [-0.1, -0.05) is 66.7 Å². The summed E-state index contributed by atoms with van der Waals surface area (Å²) in [5.41, 5.74) is 17.8. The minimum Gasteiger partial charge on any atom is -0.497 e. The maximum absolute atomic E-state index is 6.71. The number of rotatable bonds is 9. The lowest BCUT2D eigenvalue weighted by molar-refractivity contribution is 0.414. The SMILES string of the molecule is COc1ccc(-c2cc(-c3ccccc3N)c(-c3ccc(OC)cc3)c(-c3ccc(OC)cc3)c2-c2ccc(OC)cc2)cc1. The third-order valence-corrected chi connectivity index (χ3v) is 8.12. The Balaban J connectivity index is 1.81. The molecular weight excluding hydrogens is 558 g/mol. The van der Waals surface area contributed by atoms with Crippen LogP contribution in [0, 0.1) is 0 Å². The number of hydrogen-bond acceptors (Lipinski definition) is 5. The van der Waals surface area contributed by atoms with Crippen molar-refractivity contribution in [1.82, 2.24) is 0 Å². The van der Waals surface area contributed by atoms with Gasteiger partial charge in [0.25, 0.3) is 0 Å². The van der Waals surface area contributed by atoms with Crippen molar-refractivity contribution >= 4 is 5.69 Å². The van der Waals surface area contributed by atoms with Crippen molar-refractivity contribution in [3.63, 3.8) is 0 Å². The average Bonchev–Trinajstić information content (AvgIpc) is 3.11. The molecule has 0 radical (unpaired) electrons. The summed E-state index contributed by atoms with van der Waals surface area (Å²) < 4.78 is 22.1. The highest BCUT2D eigenvalue weighted by atomic mass is 16.5. The number of para-hydroxylation sites is 1. The Bertz CT molecular complexity index is 1910. The van der Waals surface area contributed by atoms with E-state index in [9.17, 15) is 0 Å². The average molecular weight is 594 g/mol. The Morgan fingerprint density at radius 3 is 1.11 bits per heavy atom. The monoisotopic (exact) mass is 593 g/mol. The molecule has 0 saturated carbocycles. The Labute approximate surface area is 264 Å². The van der Waals surface area contributed by atoms with Gasteiger partial charge in [0.05, 0.1) is 28.4 Å². The van der Waals surface area contributed by atoms with E-state index in [1.54, 1.807) is 28.4 Å². The zero-order valence-corrected chi connectivity index (χ0v) is 25.8. The minimum atomic E-state index is 0.700. The molecule has 0 aliphatic heterocycles. The van der Waals surface area contributed by atoms with Crippen LogP contribution in [0.25, 0.3) is 55.6 Å². The molecule has 45 heavy (non-hydrogen) atoms. The first-order valence-corrected chi connectivity index (χ1v) is 14.7. The van der Waals surface area contributed by atoms with Crippen molar-refractivity contribution < 1.29 is 18.9 Å². The molecule has 0 unspecified atom stereocenters. The molecule has 0 bridgehead atoms. The molecule has 6 aromatic rings. The van der Waals surface area contributed by atoms with E-state index in [0.29, 0.717) is 5.69 Å². The van der Waals surface area contributed by atoms with E-state index in [1.165, 1.54) is 0 Å². The number of nitrogens with two attached hydrogens (primary N) is 1. The quantitative estimate of drug-likeness (QED) is 0.169. The molecule has 0 fully saturated rings. The second-order valence-electron chi connectivity index (χ2n) is 10.6. The molecule has 2 N–H and O–H groups in total. The summed E-state index contributed by atoms with van der Waals surface area (Å²) in [4.78, 5) is 0. The molecule has 0 saturated heterocycles. The first-order chi connectivity index (χ1) is 22.0. The van der Waals surface area contributed by atoms with Crippen LogP contribution in [0.15, 0.2) is 127 Å². The standard InChI is InChI=1S/C40H35NO4/c1-42-30-17-9-26(10-18-30)35-25-36(34-7-5-6-8-37(34)41)39(28-13-21-32(44-3)22-14-28)40(29-15-23-33(45-4)24-16-29)38(35)27-11-19-31(43-2)20-12-27/h5-25H,41H2,1-4H3. The first kappa shape index (κ1) is 29.4. The molecule has 6 aromatic carbocycles. The summed E-state index contributed by atoms with van der Waals surface area (Å²) in [6.45, 7) is 0. The van der Waals surface area contributed by atoms with Gasteiger partial charge in [-0.15, -0.1) is 0 Å². The molecule has 5 heteroatoms. The van der Waals surface area contributed by atoms with E-state index in [4.69, 9.17) is 24.7 Å². The van der Waals surface area contributed by atoms with Crippen molar-refractivity contribution in [2.75, 3.05) is 34.2 Å². The zero-order valence-electron chi connectivity index (χ0n) is 25.8. The van der Waals surface area contributed by atoms with E-state index in [0.717, 1.165) is 78.6 Å². The van der Waals surface area contributed by atoms with E-state index in [2.05, 4.69) is 60.7 Å². The van der Waals surface area contributed by atoms with Crippen LogP contribution in [0.1, 0.15) is 0 Å². The normalized spacial score (nSPS) is 10.8. The highest BCUT2D eigenvalue weighted by Crippen LogP contribution is 2.51. The largest absolute Gasteiger partial charge is 0.497 e. The number of hydrogen-bond donors (Lipinski definition) is 1. The van der Waals surface area contributed by atoms with E-state index in [1.807, 2.05) is 66.7 Å². The Hall–Kier alpha value is -5.68. The van der Waals surface area contributed by atoms with E-state index < -0.39 is 0 Å². The fourth-order valence-corrected chi connectivity index (χ4v) is 5.80. The van der Waals surface area contributed by atoms with Gasteiger partial charge in [0.15, 0.2) is 0 Å². The van der Waals surface area contributed by atoms with Gasteiger partial charge in [-0.05, 0) is 111 Å². The molecule has 0 aliphatic rings. The summed E-state index contributed by atoms with van der Waals surface area (Å²) in [5.74, 6) is 3.16. The van der Waals surface area contributed by atoms with Gasteiger partial charge in [-0.25, -0.2) is 0 Å². The van der Waals surface area contributed by atoms with Crippen molar-refractivity contribution in [3.8, 4) is 78.6 Å². The maximum atomic E-state index is 6.71. The number of ether oxygens (including phenoxy) is 4. The summed E-state index contributed by atoms with van der Waals surface area (Å²) in [5, 5.41) is 0. The van der Waals surface area contributed by atoms with Crippen LogP contribution in [-0.2, 0) is 0 Å². The number of nitrogen functional groups attached to an aromatic ring is 1. The summed E-state index contributed by atoms with van der Waals surface area (Å²) in [6, 6.07) is 43.1. The van der Waals surface area contributed by atoms with Crippen LogP contribution < -0.4 is 24.7 Å². The molecule has 5 nitrogen and oxygen atoms in total. The van der Waals surface area contributed by atoms with Crippen molar-refractivity contribution in [2.45, 2.75) is 0 Å². The molecule has 224 valence electrons. The van der Waals surface area contributed by atoms with Crippen molar-refractivity contribution in [1.29, 1.82) is 0 Å². The van der Waals surface area contributed by atoms with Gasteiger partial charge in [0.1, 0.15) is 23.0 Å². The van der Waals surface area contributed by atoms with Gasteiger partial charge in [-0.2, -0.15) is 0 Å². The van der Waals surface area contributed by atoms with Gasteiger partial charge in [0, 0.05) is 11.3 Å². The van der Waals surface area contributed by atoms with E-state index >= 15 is 0 Å². The van der Waals surface area contributed by atoms with Crippen LogP contribution in [0.4, 0.5) is 5.69 Å². The highest BCUT2D eigenvalue weighted by molar-refractivity contribution is 6.08. The molecule has 0 heterocycles. The lowest BCUT2D eigenvalue weighted by atomic mass is 9.78. The third-order valence-electron chi connectivity index (χ3n) is 8.12. The molecule has 6 rings (SSSR count). The Morgan fingerprint density at radius 2 is 0.711 bits per heavy atom. The maximum Gasteiger partial charge on any atom is 0.118 e. The number of anilines is 1. The predicted octanol–water partition coefficient (Wildman–Crippen LogP) is 9.64. The highest BCUT2D eigenvalue weighted by Gasteiger charge is 2.24. The lowest BCUT2D eigenvalue weighted by Gasteiger charge is -2.25. The summed E-state index contributed by atoms with van der Waals surface area (Å²) in [6.07, 6.45) is 0. The lowest BCUT2D eigenvalue weighted by Crippen LogP contribution is -2.00. The zero-order chi connectivity index (χ0) is 31.3.